The monoisotopic (exact) mass is 280 g/mol. The highest BCUT2D eigenvalue weighted by Crippen LogP contribution is 2.28. The molecule has 0 bridgehead atoms. The summed E-state index contributed by atoms with van der Waals surface area (Å²) in [4.78, 5) is 33.7. The van der Waals surface area contributed by atoms with Gasteiger partial charge < -0.3 is 19.3 Å². The molecule has 20 heavy (non-hydrogen) atoms. The van der Waals surface area contributed by atoms with Crippen LogP contribution in [0.1, 0.15) is 10.4 Å². The third-order valence-electron chi connectivity index (χ3n) is 2.12. The number of rotatable bonds is 5. The van der Waals surface area contributed by atoms with Crippen LogP contribution in [0.4, 0.5) is 0 Å². The highest BCUT2D eigenvalue weighted by molar-refractivity contribution is 5.96. The Kier molecular flexibility index (Phi) is 5.28. The second-order valence-electron chi connectivity index (χ2n) is 3.43. The topological polar surface area (TPSA) is 99.1 Å². The molecule has 106 valence electrons. The Balaban J connectivity index is 2.84. The third-order valence-corrected chi connectivity index (χ3v) is 2.12. The first-order chi connectivity index (χ1) is 9.49. The van der Waals surface area contributed by atoms with Gasteiger partial charge in [0.05, 0.1) is 7.11 Å². The van der Waals surface area contributed by atoms with Crippen LogP contribution in [0.5, 0.6) is 11.5 Å². The van der Waals surface area contributed by atoms with Crippen molar-refractivity contribution in [2.24, 2.45) is 0 Å². The van der Waals surface area contributed by atoms with Gasteiger partial charge in [-0.3, -0.25) is 0 Å². The number of esters is 3. The quantitative estimate of drug-likeness (QED) is 0.484. The first kappa shape index (κ1) is 15.2. The molecule has 0 aliphatic rings. The fraction of sp³-hybridized carbons (Fsp3) is 0.154. The lowest BCUT2D eigenvalue weighted by Gasteiger charge is -2.09. The predicted molar refractivity (Wildman–Crippen MR) is 66.2 cm³/mol. The zero-order valence-electron chi connectivity index (χ0n) is 10.6. The van der Waals surface area contributed by atoms with Gasteiger partial charge >= 0.3 is 17.9 Å². The van der Waals surface area contributed by atoms with Gasteiger partial charge in [0.1, 0.15) is 17.1 Å². The number of carbonyl (C=O) groups excluding carboxylic acids is 3. The number of hydrogen-bond donors (Lipinski definition) is 1. The van der Waals surface area contributed by atoms with Gasteiger partial charge in [-0.05, 0) is 12.1 Å². The van der Waals surface area contributed by atoms with E-state index in [0.717, 1.165) is 13.2 Å². The molecule has 1 N–H and O–H groups in total. The van der Waals surface area contributed by atoms with Crippen LogP contribution < -0.4 is 4.74 Å². The maximum Gasteiger partial charge on any atom is 0.349 e. The van der Waals surface area contributed by atoms with E-state index in [-0.39, 0.29) is 11.3 Å². The molecule has 0 unspecified atom stereocenters. The van der Waals surface area contributed by atoms with E-state index in [1.165, 1.54) is 18.2 Å². The van der Waals surface area contributed by atoms with Crippen LogP contribution >= 0.6 is 0 Å². The molecule has 0 saturated carbocycles. The smallest absolute Gasteiger partial charge is 0.349 e. The van der Waals surface area contributed by atoms with Crippen molar-refractivity contribution < 1.29 is 33.7 Å². The molecule has 7 heteroatoms. The number of aromatic hydroxyl groups is 1. The van der Waals surface area contributed by atoms with Crippen molar-refractivity contribution in [2.45, 2.75) is 0 Å². The van der Waals surface area contributed by atoms with Crippen molar-refractivity contribution in [1.82, 2.24) is 0 Å². The molecule has 7 nitrogen and oxygen atoms in total. The average molecular weight is 280 g/mol. The SMILES string of the molecule is C=CC(=O)OCC(=O)Oc1cccc(O)c1C(=O)OC. The Labute approximate surface area is 114 Å². The van der Waals surface area contributed by atoms with E-state index in [9.17, 15) is 19.5 Å². The highest BCUT2D eigenvalue weighted by Gasteiger charge is 2.20. The minimum Gasteiger partial charge on any atom is -0.507 e. The van der Waals surface area contributed by atoms with Crippen molar-refractivity contribution in [3.8, 4) is 11.5 Å². The minimum absolute atomic E-state index is 0.198. The van der Waals surface area contributed by atoms with Gasteiger partial charge in [-0.15, -0.1) is 0 Å². The molecule has 0 spiro atoms. The van der Waals surface area contributed by atoms with Crippen LogP contribution in [0.15, 0.2) is 30.9 Å². The van der Waals surface area contributed by atoms with Gasteiger partial charge in [0, 0.05) is 6.08 Å². The summed E-state index contributed by atoms with van der Waals surface area (Å²) in [6.07, 6.45) is 0.890. The van der Waals surface area contributed by atoms with Crippen LogP contribution in [0.25, 0.3) is 0 Å². The number of benzene rings is 1. The zero-order valence-corrected chi connectivity index (χ0v) is 10.6. The van der Waals surface area contributed by atoms with Gasteiger partial charge in [-0.25, -0.2) is 14.4 Å². The first-order valence-electron chi connectivity index (χ1n) is 5.39. The normalized spacial score (nSPS) is 9.45. The molecule has 1 aromatic carbocycles. The molecule has 0 fully saturated rings. The lowest BCUT2D eigenvalue weighted by atomic mass is 10.2. The van der Waals surface area contributed by atoms with E-state index < -0.39 is 30.3 Å². The Morgan fingerprint density at radius 1 is 1.35 bits per heavy atom. The van der Waals surface area contributed by atoms with Crippen molar-refractivity contribution in [2.75, 3.05) is 13.7 Å². The maximum absolute atomic E-state index is 11.5. The number of ether oxygens (including phenoxy) is 3. The number of carbonyl (C=O) groups is 3. The van der Waals surface area contributed by atoms with E-state index >= 15 is 0 Å². The van der Waals surface area contributed by atoms with Gasteiger partial charge in [-0.2, -0.15) is 0 Å². The lowest BCUT2D eigenvalue weighted by Crippen LogP contribution is -2.19. The van der Waals surface area contributed by atoms with Crippen molar-refractivity contribution >= 4 is 17.9 Å². The Morgan fingerprint density at radius 3 is 2.65 bits per heavy atom. The summed E-state index contributed by atoms with van der Waals surface area (Å²) >= 11 is 0. The number of phenolic OH excluding ortho intramolecular Hbond substituents is 1. The van der Waals surface area contributed by atoms with Crippen LogP contribution in [0, 0.1) is 0 Å². The molecular formula is C13H12O7. The molecule has 0 saturated heterocycles. The highest BCUT2D eigenvalue weighted by atomic mass is 16.6. The van der Waals surface area contributed by atoms with Crippen LogP contribution in [0.2, 0.25) is 0 Å². The van der Waals surface area contributed by atoms with E-state index in [0.29, 0.717) is 0 Å². The lowest BCUT2D eigenvalue weighted by molar-refractivity contribution is -0.150. The standard InChI is InChI=1S/C13H12O7/c1-3-10(15)19-7-11(16)20-9-6-4-5-8(14)12(9)13(17)18-2/h3-6,14H,1,7H2,2H3. The van der Waals surface area contributed by atoms with E-state index in [4.69, 9.17) is 4.74 Å². The Hall–Kier alpha value is -2.83. The summed E-state index contributed by atoms with van der Waals surface area (Å²) < 4.78 is 13.8. The van der Waals surface area contributed by atoms with Crippen LogP contribution in [-0.2, 0) is 19.1 Å². The number of hydrogen-bond acceptors (Lipinski definition) is 7. The van der Waals surface area contributed by atoms with Crippen molar-refractivity contribution in [3.05, 3.63) is 36.4 Å². The molecule has 0 aromatic heterocycles. The molecule has 0 radical (unpaired) electrons. The summed E-state index contributed by atoms with van der Waals surface area (Å²) in [5, 5.41) is 9.57. The van der Waals surface area contributed by atoms with Crippen molar-refractivity contribution in [3.63, 3.8) is 0 Å². The van der Waals surface area contributed by atoms with Gasteiger partial charge in [0.25, 0.3) is 0 Å². The fourth-order valence-electron chi connectivity index (χ4n) is 1.25. The van der Waals surface area contributed by atoms with Crippen LogP contribution in [-0.4, -0.2) is 36.7 Å². The van der Waals surface area contributed by atoms with Gasteiger partial charge in [0.2, 0.25) is 0 Å². The molecule has 0 aliphatic carbocycles. The molecule has 1 rings (SSSR count). The Bertz CT molecular complexity index is 548. The minimum atomic E-state index is -0.920. The Morgan fingerprint density at radius 2 is 2.05 bits per heavy atom. The largest absolute Gasteiger partial charge is 0.507 e. The van der Waals surface area contributed by atoms with Crippen molar-refractivity contribution in [1.29, 1.82) is 0 Å². The zero-order chi connectivity index (χ0) is 15.1. The summed E-state index contributed by atoms with van der Waals surface area (Å²) in [5.41, 5.74) is -0.293. The van der Waals surface area contributed by atoms with E-state index in [1.807, 2.05) is 0 Å². The molecule has 0 atom stereocenters. The van der Waals surface area contributed by atoms with E-state index in [1.54, 1.807) is 0 Å². The van der Waals surface area contributed by atoms with Gasteiger partial charge in [-0.1, -0.05) is 12.6 Å². The fourth-order valence-corrected chi connectivity index (χ4v) is 1.25. The number of methoxy groups -OCH3 is 1. The summed E-state index contributed by atoms with van der Waals surface area (Å²) in [6.45, 7) is 2.51. The maximum atomic E-state index is 11.5. The molecule has 0 heterocycles. The second kappa shape index (κ2) is 6.93. The van der Waals surface area contributed by atoms with Gasteiger partial charge in [0.15, 0.2) is 6.61 Å². The predicted octanol–water partition coefficient (Wildman–Crippen LogP) is 0.813. The summed E-state index contributed by atoms with van der Waals surface area (Å²) in [6, 6.07) is 3.90. The summed E-state index contributed by atoms with van der Waals surface area (Å²) in [5.74, 6) is -3.17. The molecule has 1 aromatic rings. The van der Waals surface area contributed by atoms with E-state index in [2.05, 4.69) is 16.1 Å². The first-order valence-corrected chi connectivity index (χ1v) is 5.39. The number of phenols is 1. The third kappa shape index (κ3) is 3.84. The molecule has 0 amide bonds. The van der Waals surface area contributed by atoms with Crippen LogP contribution in [0.3, 0.4) is 0 Å². The second-order valence-corrected chi connectivity index (χ2v) is 3.43. The molecular weight excluding hydrogens is 268 g/mol. The molecule has 0 aliphatic heterocycles. The summed E-state index contributed by atoms with van der Waals surface area (Å²) in [7, 11) is 1.12. The average Bonchev–Trinajstić information content (AvgIpc) is 2.44.